The van der Waals surface area contributed by atoms with E-state index in [9.17, 15) is 13.2 Å². The van der Waals surface area contributed by atoms with Gasteiger partial charge in [0.2, 0.25) is 0 Å². The molecule has 0 bridgehead atoms. The van der Waals surface area contributed by atoms with Crippen molar-refractivity contribution in [1.82, 2.24) is 4.57 Å². The maximum absolute atomic E-state index is 10.6. The third kappa shape index (κ3) is 13.6. The van der Waals surface area contributed by atoms with Gasteiger partial charge in [-0.15, -0.1) is 0 Å². The van der Waals surface area contributed by atoms with Crippen LogP contribution in [-0.2, 0) is 17.9 Å². The standard InChI is InChI=1S/C25H44N7.C2HF3O2/c1-3-5-7-17-30(18-8-6-4-2)24-13-11-23(12-14-24)28-29-25-31(19-9-15-26)21-22-32(25)20-10-16-27;3-2(4,5)1(6)7/h11-14,21-22H,3-10,15-20,26-27H2,1-2H3;(H,6,7)/q+1;. The molecule has 0 aliphatic carbocycles. The number of unbranched alkanes of at least 4 members (excludes halogenated alkanes) is 4. The van der Waals surface area contributed by atoms with E-state index in [1.54, 1.807) is 0 Å². The first kappa shape index (κ1) is 34.0. The molecule has 0 saturated carbocycles. The predicted molar refractivity (Wildman–Crippen MR) is 148 cm³/mol. The maximum atomic E-state index is 10.6. The van der Waals surface area contributed by atoms with Gasteiger partial charge in [-0.05, 0) is 63.0 Å². The molecule has 220 valence electrons. The number of anilines is 1. The highest BCUT2D eigenvalue weighted by atomic mass is 19.4. The molecule has 9 nitrogen and oxygen atoms in total. The van der Waals surface area contributed by atoms with Gasteiger partial charge >= 0.3 is 18.1 Å². The first-order chi connectivity index (χ1) is 18.7. The lowest BCUT2D eigenvalue weighted by Gasteiger charge is -2.25. The third-order valence-corrected chi connectivity index (χ3v) is 5.92. The minimum atomic E-state index is -5.08. The molecule has 5 N–H and O–H groups in total. The quantitative estimate of drug-likeness (QED) is 0.131. The Labute approximate surface area is 229 Å². The van der Waals surface area contributed by atoms with Crippen molar-refractivity contribution in [1.29, 1.82) is 0 Å². The first-order valence-electron chi connectivity index (χ1n) is 13.7. The van der Waals surface area contributed by atoms with Crippen molar-refractivity contribution >= 4 is 23.3 Å². The Morgan fingerprint density at radius 1 is 0.949 bits per heavy atom. The Morgan fingerprint density at radius 2 is 1.51 bits per heavy atom. The molecule has 0 spiro atoms. The van der Waals surface area contributed by atoms with E-state index in [2.05, 4.69) is 62.4 Å². The molecule has 0 atom stereocenters. The second-order valence-corrected chi connectivity index (χ2v) is 9.19. The fourth-order valence-corrected chi connectivity index (χ4v) is 3.75. The number of aryl methyl sites for hydroxylation is 2. The lowest BCUT2D eigenvalue weighted by Crippen LogP contribution is -2.33. The maximum Gasteiger partial charge on any atom is 0.490 e. The van der Waals surface area contributed by atoms with Gasteiger partial charge < -0.3 is 21.5 Å². The molecule has 0 fully saturated rings. The van der Waals surface area contributed by atoms with Crippen LogP contribution in [0.25, 0.3) is 0 Å². The number of hydrogen-bond donors (Lipinski definition) is 3. The van der Waals surface area contributed by atoms with Crippen LogP contribution in [0.15, 0.2) is 46.9 Å². The van der Waals surface area contributed by atoms with Crippen LogP contribution in [0.4, 0.5) is 30.5 Å². The summed E-state index contributed by atoms with van der Waals surface area (Å²) in [5, 5.41) is 16.3. The third-order valence-electron chi connectivity index (χ3n) is 5.92. The zero-order chi connectivity index (χ0) is 29.1. The smallest absolute Gasteiger partial charge is 0.475 e. The molecule has 0 aliphatic heterocycles. The number of aliphatic carboxylic acids is 1. The highest BCUT2D eigenvalue weighted by molar-refractivity contribution is 5.73. The van der Waals surface area contributed by atoms with Gasteiger partial charge in [0.1, 0.15) is 5.69 Å². The lowest BCUT2D eigenvalue weighted by molar-refractivity contribution is -0.683. The zero-order valence-corrected chi connectivity index (χ0v) is 23.2. The highest BCUT2D eigenvalue weighted by Crippen LogP contribution is 2.23. The number of nitrogens with zero attached hydrogens (tertiary/aromatic N) is 5. The van der Waals surface area contributed by atoms with Crippen LogP contribution in [-0.4, -0.2) is 48.0 Å². The lowest BCUT2D eigenvalue weighted by atomic mass is 10.2. The van der Waals surface area contributed by atoms with Gasteiger partial charge in [0.15, 0.2) is 0 Å². The SMILES string of the molecule is CCCCCN(CCCCC)c1ccc(/N=N/c2n(CCCN)cc[n+]2CCCN)cc1.O=C(O)C(F)(F)F. The number of carbonyl (C=O) groups is 1. The number of azo groups is 1. The molecular weight excluding hydrogens is 511 g/mol. The molecule has 39 heavy (non-hydrogen) atoms. The van der Waals surface area contributed by atoms with Crippen LogP contribution in [0.2, 0.25) is 0 Å². The number of imidazole rings is 1. The fourth-order valence-electron chi connectivity index (χ4n) is 3.75. The van der Waals surface area contributed by atoms with Crippen LogP contribution in [0.5, 0.6) is 0 Å². The molecule has 1 aromatic carbocycles. The van der Waals surface area contributed by atoms with Crippen LogP contribution in [0.3, 0.4) is 0 Å². The average Bonchev–Trinajstić information content (AvgIpc) is 3.30. The van der Waals surface area contributed by atoms with Crippen molar-refractivity contribution in [3.8, 4) is 0 Å². The van der Waals surface area contributed by atoms with E-state index in [1.165, 1.54) is 44.2 Å². The zero-order valence-electron chi connectivity index (χ0n) is 23.2. The Kier molecular flexibility index (Phi) is 16.7. The molecule has 12 heteroatoms. The number of hydrogen-bond acceptors (Lipinski definition) is 6. The Hall–Kier alpha value is -2.99. The summed E-state index contributed by atoms with van der Waals surface area (Å²) >= 11 is 0. The molecule has 2 aromatic rings. The van der Waals surface area contributed by atoms with E-state index in [0.717, 1.165) is 50.7 Å². The van der Waals surface area contributed by atoms with Crippen molar-refractivity contribution in [2.75, 3.05) is 31.1 Å². The molecule has 1 aromatic heterocycles. The average molecular weight is 557 g/mol. The molecule has 0 aliphatic rings. The summed E-state index contributed by atoms with van der Waals surface area (Å²) in [6, 6.07) is 8.51. The Morgan fingerprint density at radius 3 is 2.00 bits per heavy atom. The number of nitrogens with two attached hydrogens (primary N) is 2. The largest absolute Gasteiger partial charge is 0.490 e. The minimum absolute atomic E-state index is 0.659. The number of aromatic nitrogens is 2. The summed E-state index contributed by atoms with van der Waals surface area (Å²) in [5.74, 6) is -1.91. The fraction of sp³-hybridized carbons (Fsp3) is 0.630. The van der Waals surface area contributed by atoms with Gasteiger partial charge in [0, 0.05) is 23.9 Å². The molecule has 0 radical (unpaired) electrons. The number of halogens is 3. The molecule has 1 heterocycles. The van der Waals surface area contributed by atoms with E-state index >= 15 is 0 Å². The monoisotopic (exact) mass is 556 g/mol. The molecule has 0 unspecified atom stereocenters. The number of alkyl halides is 3. The summed E-state index contributed by atoms with van der Waals surface area (Å²) in [6.45, 7) is 9.75. The van der Waals surface area contributed by atoms with E-state index in [4.69, 9.17) is 21.4 Å². The van der Waals surface area contributed by atoms with Gasteiger partial charge in [0.05, 0.1) is 25.5 Å². The van der Waals surface area contributed by atoms with Crippen LogP contribution in [0, 0.1) is 0 Å². The second-order valence-electron chi connectivity index (χ2n) is 9.19. The van der Waals surface area contributed by atoms with Gasteiger partial charge in [-0.2, -0.15) is 13.2 Å². The molecule has 0 saturated heterocycles. The minimum Gasteiger partial charge on any atom is -0.475 e. The second kappa shape index (κ2) is 19.1. The van der Waals surface area contributed by atoms with Gasteiger partial charge in [-0.25, -0.2) is 13.9 Å². The first-order valence-corrected chi connectivity index (χ1v) is 13.7. The number of carboxylic acid groups (broad SMARTS) is 1. The van der Waals surface area contributed by atoms with Crippen LogP contribution >= 0.6 is 0 Å². The summed E-state index contributed by atoms with van der Waals surface area (Å²) in [6.07, 6.45) is 8.39. The van der Waals surface area contributed by atoms with Crippen LogP contribution in [0.1, 0.15) is 65.2 Å². The van der Waals surface area contributed by atoms with Crippen molar-refractivity contribution in [2.45, 2.75) is 84.5 Å². The summed E-state index contributed by atoms with van der Waals surface area (Å²) < 4.78 is 36.0. The van der Waals surface area contributed by atoms with Gasteiger partial charge in [-0.1, -0.05) is 44.6 Å². The van der Waals surface area contributed by atoms with Gasteiger partial charge in [0.25, 0.3) is 0 Å². The van der Waals surface area contributed by atoms with Crippen LogP contribution < -0.4 is 20.9 Å². The topological polar surface area (TPSA) is 126 Å². The summed E-state index contributed by atoms with van der Waals surface area (Å²) in [4.78, 5) is 11.4. The Bertz CT molecular complexity index is 928. The predicted octanol–water partition coefficient (Wildman–Crippen LogP) is 5.71. The summed E-state index contributed by atoms with van der Waals surface area (Å²) in [5.41, 5.74) is 13.5. The molecular formula is C27H45F3N7O2+. The van der Waals surface area contributed by atoms with Crippen molar-refractivity contribution in [3.63, 3.8) is 0 Å². The highest BCUT2D eigenvalue weighted by Gasteiger charge is 2.38. The number of benzene rings is 1. The number of rotatable bonds is 17. The van der Waals surface area contributed by atoms with Crippen molar-refractivity contribution < 1.29 is 27.6 Å². The van der Waals surface area contributed by atoms with E-state index in [0.29, 0.717) is 13.1 Å². The van der Waals surface area contributed by atoms with E-state index in [1.807, 2.05) is 12.4 Å². The Balaban J connectivity index is 0.000000956. The van der Waals surface area contributed by atoms with Crippen molar-refractivity contribution in [3.05, 3.63) is 36.7 Å². The molecule has 2 rings (SSSR count). The normalized spacial score (nSPS) is 11.5. The van der Waals surface area contributed by atoms with Gasteiger partial charge in [-0.3, -0.25) is 0 Å². The van der Waals surface area contributed by atoms with Crippen molar-refractivity contribution in [2.24, 2.45) is 21.7 Å². The number of carboxylic acids is 1. The molecule has 0 amide bonds. The summed E-state index contributed by atoms with van der Waals surface area (Å²) in [7, 11) is 0. The van der Waals surface area contributed by atoms with E-state index in [-0.39, 0.29) is 0 Å². The van der Waals surface area contributed by atoms with E-state index < -0.39 is 12.1 Å².